The number of carbonyl (C=O) groups is 1. The molecule has 4 rings (SSSR count). The van der Waals surface area contributed by atoms with Crippen molar-refractivity contribution in [3.8, 4) is 11.4 Å². The van der Waals surface area contributed by atoms with Crippen LogP contribution in [0.5, 0.6) is 0 Å². The number of rotatable bonds is 4. The lowest BCUT2D eigenvalue weighted by Crippen LogP contribution is -2.21. The number of aryl methyl sites for hydroxylation is 1. The number of fused-ring (bicyclic) bond motifs is 1. The van der Waals surface area contributed by atoms with Gasteiger partial charge >= 0.3 is 5.63 Å². The lowest BCUT2D eigenvalue weighted by molar-refractivity contribution is 0.102. The van der Waals surface area contributed by atoms with E-state index < -0.39 is 11.5 Å². The molecule has 2 aromatic carbocycles. The Balaban J connectivity index is 1.70. The zero-order valence-electron chi connectivity index (χ0n) is 14.4. The summed E-state index contributed by atoms with van der Waals surface area (Å²) in [5.74, 6) is -0.178. The van der Waals surface area contributed by atoms with Crippen molar-refractivity contribution in [1.82, 2.24) is 20.2 Å². The van der Waals surface area contributed by atoms with Crippen LogP contribution in [0.2, 0.25) is 0 Å². The molecule has 0 aliphatic rings. The number of aromatic nitrogens is 4. The van der Waals surface area contributed by atoms with Crippen molar-refractivity contribution < 1.29 is 9.21 Å². The molecule has 0 fully saturated rings. The lowest BCUT2D eigenvalue weighted by atomic mass is 10.1. The molecule has 1 amide bonds. The van der Waals surface area contributed by atoms with Crippen LogP contribution in [-0.4, -0.2) is 26.1 Å². The predicted molar refractivity (Wildman–Crippen MR) is 99.4 cm³/mol. The molecule has 0 spiro atoms. The zero-order chi connectivity index (χ0) is 18.8. The van der Waals surface area contributed by atoms with Crippen molar-refractivity contribution >= 4 is 22.6 Å². The molecule has 8 heteroatoms. The molecule has 2 aromatic heterocycles. The van der Waals surface area contributed by atoms with Crippen LogP contribution in [0.4, 0.5) is 5.69 Å². The number of hydrogen-bond acceptors (Lipinski definition) is 6. The number of carbonyl (C=O) groups excluding carboxylic acids is 1. The van der Waals surface area contributed by atoms with Gasteiger partial charge in [-0.05, 0) is 36.4 Å². The maximum Gasteiger partial charge on any atom is 0.349 e. The SMILES string of the molecule is CCn1nnc(-c2ccccc2NC(=O)c2cc3ccccc3oc2=O)n1. The fraction of sp³-hybridized carbons (Fsp3) is 0.105. The maximum atomic E-state index is 12.7. The van der Waals surface area contributed by atoms with Crippen LogP contribution < -0.4 is 10.9 Å². The second-order valence-corrected chi connectivity index (χ2v) is 5.79. The monoisotopic (exact) mass is 361 g/mol. The van der Waals surface area contributed by atoms with Gasteiger partial charge in [0.05, 0.1) is 12.2 Å². The average Bonchev–Trinajstić information content (AvgIpc) is 3.17. The average molecular weight is 361 g/mol. The number of benzene rings is 2. The van der Waals surface area contributed by atoms with Crippen molar-refractivity contribution in [2.75, 3.05) is 5.32 Å². The third-order valence-corrected chi connectivity index (χ3v) is 4.04. The summed E-state index contributed by atoms with van der Waals surface area (Å²) in [7, 11) is 0. The smallest absolute Gasteiger partial charge is 0.349 e. The maximum absolute atomic E-state index is 12.7. The second-order valence-electron chi connectivity index (χ2n) is 5.79. The summed E-state index contributed by atoms with van der Waals surface area (Å²) in [6.45, 7) is 2.48. The highest BCUT2D eigenvalue weighted by Gasteiger charge is 2.17. The highest BCUT2D eigenvalue weighted by Crippen LogP contribution is 2.25. The van der Waals surface area contributed by atoms with Gasteiger partial charge in [0.25, 0.3) is 5.91 Å². The summed E-state index contributed by atoms with van der Waals surface area (Å²) in [6, 6.07) is 15.6. The van der Waals surface area contributed by atoms with E-state index in [-0.39, 0.29) is 5.56 Å². The van der Waals surface area contributed by atoms with Crippen molar-refractivity contribution in [2.45, 2.75) is 13.5 Å². The first-order chi connectivity index (χ1) is 13.2. The van der Waals surface area contributed by atoms with Crippen LogP contribution in [0.25, 0.3) is 22.4 Å². The molecule has 0 aliphatic heterocycles. The largest absolute Gasteiger partial charge is 0.422 e. The molecule has 0 saturated carbocycles. The van der Waals surface area contributed by atoms with Gasteiger partial charge in [0.15, 0.2) is 0 Å². The Bertz CT molecular complexity index is 1200. The van der Waals surface area contributed by atoms with Crippen LogP contribution in [0.15, 0.2) is 63.8 Å². The van der Waals surface area contributed by atoms with Crippen molar-refractivity contribution in [3.05, 3.63) is 70.6 Å². The minimum absolute atomic E-state index is 0.0753. The molecule has 2 heterocycles. The van der Waals surface area contributed by atoms with Gasteiger partial charge in [-0.2, -0.15) is 4.80 Å². The Kier molecular flexibility index (Phi) is 4.21. The number of para-hydroxylation sites is 2. The Morgan fingerprint density at radius 1 is 1.15 bits per heavy atom. The van der Waals surface area contributed by atoms with Gasteiger partial charge in [-0.25, -0.2) is 4.79 Å². The summed E-state index contributed by atoms with van der Waals surface area (Å²) in [5, 5.41) is 15.6. The predicted octanol–water partition coefficient (Wildman–Crippen LogP) is 2.72. The molecule has 4 aromatic rings. The summed E-state index contributed by atoms with van der Waals surface area (Å²) >= 11 is 0. The van der Waals surface area contributed by atoms with E-state index in [1.807, 2.05) is 19.1 Å². The van der Waals surface area contributed by atoms with Gasteiger partial charge in [0.2, 0.25) is 5.82 Å². The van der Waals surface area contributed by atoms with E-state index in [0.717, 1.165) is 0 Å². The summed E-state index contributed by atoms with van der Waals surface area (Å²) in [6.07, 6.45) is 0. The minimum atomic E-state index is -0.696. The standard InChI is InChI=1S/C19H15N5O3/c1-2-24-22-17(21-23-24)13-8-4-5-9-15(13)20-18(25)14-11-12-7-3-6-10-16(12)27-19(14)26/h3-11H,2H2,1H3,(H,20,25). The molecular formula is C19H15N5O3. The molecule has 0 radical (unpaired) electrons. The Labute approximate surface area is 153 Å². The Hall–Kier alpha value is -3.81. The molecule has 27 heavy (non-hydrogen) atoms. The van der Waals surface area contributed by atoms with Crippen LogP contribution in [-0.2, 0) is 6.54 Å². The highest BCUT2D eigenvalue weighted by molar-refractivity contribution is 6.07. The van der Waals surface area contributed by atoms with E-state index in [1.54, 1.807) is 36.4 Å². The van der Waals surface area contributed by atoms with E-state index in [0.29, 0.717) is 34.6 Å². The summed E-state index contributed by atoms with van der Waals surface area (Å²) in [5.41, 5.74) is 0.744. The van der Waals surface area contributed by atoms with E-state index in [4.69, 9.17) is 4.42 Å². The number of anilines is 1. The normalized spacial score (nSPS) is 10.9. The van der Waals surface area contributed by atoms with Crippen molar-refractivity contribution in [1.29, 1.82) is 0 Å². The summed E-state index contributed by atoms with van der Waals surface area (Å²) in [4.78, 5) is 26.3. The highest BCUT2D eigenvalue weighted by atomic mass is 16.4. The Morgan fingerprint density at radius 2 is 1.93 bits per heavy atom. The third kappa shape index (κ3) is 3.20. The van der Waals surface area contributed by atoms with E-state index in [1.165, 1.54) is 10.9 Å². The van der Waals surface area contributed by atoms with Gasteiger partial charge in [-0.15, -0.1) is 10.2 Å². The molecule has 0 unspecified atom stereocenters. The molecule has 0 atom stereocenters. The van der Waals surface area contributed by atoms with E-state index >= 15 is 0 Å². The Morgan fingerprint density at radius 3 is 2.74 bits per heavy atom. The quantitative estimate of drug-likeness (QED) is 0.561. The second kappa shape index (κ2) is 6.83. The van der Waals surface area contributed by atoms with Gasteiger partial charge in [0, 0.05) is 10.9 Å². The topological polar surface area (TPSA) is 103 Å². The van der Waals surface area contributed by atoms with Crippen LogP contribution >= 0.6 is 0 Å². The fourth-order valence-corrected chi connectivity index (χ4v) is 2.68. The zero-order valence-corrected chi connectivity index (χ0v) is 14.4. The summed E-state index contributed by atoms with van der Waals surface area (Å²) < 4.78 is 5.23. The fourth-order valence-electron chi connectivity index (χ4n) is 2.68. The first kappa shape index (κ1) is 16.6. The number of hydrogen-bond donors (Lipinski definition) is 1. The van der Waals surface area contributed by atoms with E-state index in [2.05, 4.69) is 20.7 Å². The molecule has 134 valence electrons. The number of tetrazole rings is 1. The lowest BCUT2D eigenvalue weighted by Gasteiger charge is -2.08. The van der Waals surface area contributed by atoms with Crippen LogP contribution in [0.3, 0.4) is 0 Å². The van der Waals surface area contributed by atoms with Gasteiger partial charge < -0.3 is 9.73 Å². The molecule has 0 bridgehead atoms. The van der Waals surface area contributed by atoms with Crippen LogP contribution in [0, 0.1) is 0 Å². The number of nitrogens with zero attached hydrogens (tertiary/aromatic N) is 4. The minimum Gasteiger partial charge on any atom is -0.422 e. The van der Waals surface area contributed by atoms with Gasteiger partial charge in [-0.1, -0.05) is 30.3 Å². The van der Waals surface area contributed by atoms with Gasteiger partial charge in [-0.3, -0.25) is 4.79 Å². The first-order valence-electron chi connectivity index (χ1n) is 8.37. The van der Waals surface area contributed by atoms with E-state index in [9.17, 15) is 9.59 Å². The number of amides is 1. The first-order valence-corrected chi connectivity index (χ1v) is 8.37. The molecule has 8 nitrogen and oxygen atoms in total. The van der Waals surface area contributed by atoms with Crippen molar-refractivity contribution in [3.63, 3.8) is 0 Å². The molecular weight excluding hydrogens is 346 g/mol. The third-order valence-electron chi connectivity index (χ3n) is 4.04. The van der Waals surface area contributed by atoms with Crippen LogP contribution in [0.1, 0.15) is 17.3 Å². The number of nitrogens with one attached hydrogen (secondary N) is 1. The molecule has 0 aliphatic carbocycles. The molecule has 1 N–H and O–H groups in total. The molecule has 0 saturated heterocycles. The van der Waals surface area contributed by atoms with Crippen molar-refractivity contribution in [2.24, 2.45) is 0 Å². The van der Waals surface area contributed by atoms with Gasteiger partial charge in [0.1, 0.15) is 11.1 Å².